The number of hydrogen-bond donors (Lipinski definition) is 0. The monoisotopic (exact) mass is 197 g/mol. The fraction of sp³-hybridized carbons (Fsp3) is 1.00. The Kier molecular flexibility index (Phi) is 3.13. The van der Waals surface area contributed by atoms with E-state index in [0.717, 1.165) is 36.8 Å². The normalized spacial score (nSPS) is 43.1. The quantitative estimate of drug-likeness (QED) is 0.684. The van der Waals surface area contributed by atoms with Crippen molar-refractivity contribution in [3.8, 4) is 0 Å². The number of nitrogens with zero attached hydrogens (tertiary/aromatic N) is 1. The van der Waals surface area contributed by atoms with Gasteiger partial charge in [-0.2, -0.15) is 0 Å². The van der Waals surface area contributed by atoms with Crippen molar-refractivity contribution < 1.29 is 4.74 Å². The van der Waals surface area contributed by atoms with Crippen LogP contribution in [0.1, 0.15) is 20.3 Å². The summed E-state index contributed by atoms with van der Waals surface area (Å²) in [5.74, 6) is 3.85. The molecule has 0 radical (unpaired) electrons. The van der Waals surface area contributed by atoms with Crippen molar-refractivity contribution in [1.82, 2.24) is 4.90 Å². The van der Waals surface area contributed by atoms with E-state index in [4.69, 9.17) is 4.74 Å². The molecule has 0 spiro atoms. The first-order valence-corrected chi connectivity index (χ1v) is 5.93. The standard InChI is InChI=1S/C12H23NO/c1-9-6-11-7-13(4-5-14-3)8-12(11)10(9)2/h9-12H,4-8H2,1-3H3/t9-,10+,11-,12-/m1/s1. The van der Waals surface area contributed by atoms with Gasteiger partial charge in [-0.25, -0.2) is 0 Å². The Hall–Kier alpha value is -0.0800. The van der Waals surface area contributed by atoms with Gasteiger partial charge in [0.15, 0.2) is 0 Å². The van der Waals surface area contributed by atoms with E-state index in [1.165, 1.54) is 19.5 Å². The van der Waals surface area contributed by atoms with Gasteiger partial charge in [0.1, 0.15) is 0 Å². The number of methoxy groups -OCH3 is 1. The lowest BCUT2D eigenvalue weighted by atomic mass is 9.91. The average Bonchev–Trinajstić information content (AvgIpc) is 2.66. The second-order valence-electron chi connectivity index (χ2n) is 5.25. The van der Waals surface area contributed by atoms with E-state index >= 15 is 0 Å². The fourth-order valence-electron chi connectivity index (χ4n) is 3.35. The second-order valence-corrected chi connectivity index (χ2v) is 5.25. The summed E-state index contributed by atoms with van der Waals surface area (Å²) in [7, 11) is 1.79. The van der Waals surface area contributed by atoms with E-state index in [0.29, 0.717) is 0 Å². The summed E-state index contributed by atoms with van der Waals surface area (Å²) in [5, 5.41) is 0. The van der Waals surface area contributed by atoms with Crippen molar-refractivity contribution in [3.05, 3.63) is 0 Å². The van der Waals surface area contributed by atoms with E-state index in [1.807, 2.05) is 0 Å². The Labute approximate surface area is 87.6 Å². The van der Waals surface area contributed by atoms with Gasteiger partial charge in [0.05, 0.1) is 6.61 Å². The minimum atomic E-state index is 0.892. The van der Waals surface area contributed by atoms with Gasteiger partial charge >= 0.3 is 0 Å². The van der Waals surface area contributed by atoms with E-state index in [9.17, 15) is 0 Å². The van der Waals surface area contributed by atoms with Crippen LogP contribution in [0.25, 0.3) is 0 Å². The molecular formula is C12H23NO. The highest BCUT2D eigenvalue weighted by atomic mass is 16.5. The molecular weight excluding hydrogens is 174 g/mol. The predicted molar refractivity (Wildman–Crippen MR) is 58.2 cm³/mol. The summed E-state index contributed by atoms with van der Waals surface area (Å²) in [6, 6.07) is 0. The summed E-state index contributed by atoms with van der Waals surface area (Å²) in [6.07, 6.45) is 1.45. The summed E-state index contributed by atoms with van der Waals surface area (Å²) in [5.41, 5.74) is 0. The Morgan fingerprint density at radius 3 is 2.71 bits per heavy atom. The molecule has 2 aliphatic rings. The van der Waals surface area contributed by atoms with E-state index in [-0.39, 0.29) is 0 Å². The molecule has 0 amide bonds. The predicted octanol–water partition coefficient (Wildman–Crippen LogP) is 1.86. The lowest BCUT2D eigenvalue weighted by Gasteiger charge is -2.20. The molecule has 0 bridgehead atoms. The van der Waals surface area contributed by atoms with Gasteiger partial charge in [0, 0.05) is 26.7 Å². The molecule has 2 nitrogen and oxygen atoms in total. The number of fused-ring (bicyclic) bond motifs is 1. The number of rotatable bonds is 3. The van der Waals surface area contributed by atoms with Crippen molar-refractivity contribution in [1.29, 1.82) is 0 Å². The highest BCUT2D eigenvalue weighted by molar-refractivity contribution is 4.94. The topological polar surface area (TPSA) is 12.5 Å². The van der Waals surface area contributed by atoms with Gasteiger partial charge in [0.2, 0.25) is 0 Å². The van der Waals surface area contributed by atoms with Crippen LogP contribution in [0.5, 0.6) is 0 Å². The SMILES string of the molecule is COCCN1C[C@H]2C[C@@H](C)[C@H](C)[C@H]2C1. The lowest BCUT2D eigenvalue weighted by molar-refractivity contribution is 0.153. The maximum atomic E-state index is 5.13. The minimum Gasteiger partial charge on any atom is -0.383 e. The van der Waals surface area contributed by atoms with Gasteiger partial charge in [-0.3, -0.25) is 0 Å². The van der Waals surface area contributed by atoms with Crippen LogP contribution >= 0.6 is 0 Å². The van der Waals surface area contributed by atoms with Crippen molar-refractivity contribution >= 4 is 0 Å². The zero-order valence-electron chi connectivity index (χ0n) is 9.70. The molecule has 0 aromatic rings. The molecule has 1 aliphatic carbocycles. The van der Waals surface area contributed by atoms with E-state index in [2.05, 4.69) is 18.7 Å². The molecule has 0 aromatic carbocycles. The van der Waals surface area contributed by atoms with Gasteiger partial charge in [-0.1, -0.05) is 13.8 Å². The molecule has 1 heterocycles. The molecule has 2 heteroatoms. The summed E-state index contributed by atoms with van der Waals surface area (Å²) < 4.78 is 5.13. The van der Waals surface area contributed by atoms with Crippen molar-refractivity contribution in [2.45, 2.75) is 20.3 Å². The van der Waals surface area contributed by atoms with Crippen LogP contribution in [-0.2, 0) is 4.74 Å². The molecule has 0 unspecified atom stereocenters. The molecule has 2 fully saturated rings. The molecule has 82 valence electrons. The van der Waals surface area contributed by atoms with Gasteiger partial charge in [-0.15, -0.1) is 0 Å². The molecule has 14 heavy (non-hydrogen) atoms. The van der Waals surface area contributed by atoms with Gasteiger partial charge in [-0.05, 0) is 30.1 Å². The minimum absolute atomic E-state index is 0.892. The maximum absolute atomic E-state index is 5.13. The molecule has 0 aromatic heterocycles. The highest BCUT2D eigenvalue weighted by Gasteiger charge is 2.43. The maximum Gasteiger partial charge on any atom is 0.0589 e. The first kappa shape index (κ1) is 10.4. The fourth-order valence-corrected chi connectivity index (χ4v) is 3.35. The van der Waals surface area contributed by atoms with Crippen LogP contribution < -0.4 is 0 Å². The van der Waals surface area contributed by atoms with Gasteiger partial charge in [0.25, 0.3) is 0 Å². The van der Waals surface area contributed by atoms with Crippen molar-refractivity contribution in [3.63, 3.8) is 0 Å². The molecule has 1 saturated heterocycles. The van der Waals surface area contributed by atoms with Crippen LogP contribution in [0.2, 0.25) is 0 Å². The number of ether oxygens (including phenoxy) is 1. The first-order chi connectivity index (χ1) is 6.72. The third kappa shape index (κ3) is 1.82. The van der Waals surface area contributed by atoms with Crippen molar-refractivity contribution in [2.24, 2.45) is 23.7 Å². The Balaban J connectivity index is 1.84. The molecule has 2 rings (SSSR count). The lowest BCUT2D eigenvalue weighted by Crippen LogP contribution is -2.27. The molecule has 1 saturated carbocycles. The van der Waals surface area contributed by atoms with Crippen LogP contribution in [-0.4, -0.2) is 38.3 Å². The Bertz CT molecular complexity index is 195. The smallest absolute Gasteiger partial charge is 0.0589 e. The van der Waals surface area contributed by atoms with Gasteiger partial charge < -0.3 is 9.64 Å². The molecule has 1 aliphatic heterocycles. The van der Waals surface area contributed by atoms with Crippen LogP contribution in [0.3, 0.4) is 0 Å². The van der Waals surface area contributed by atoms with Crippen LogP contribution in [0.4, 0.5) is 0 Å². The van der Waals surface area contributed by atoms with Crippen LogP contribution in [0, 0.1) is 23.7 Å². The third-order valence-corrected chi connectivity index (χ3v) is 4.43. The number of likely N-dealkylation sites (tertiary alicyclic amines) is 1. The number of hydrogen-bond acceptors (Lipinski definition) is 2. The van der Waals surface area contributed by atoms with Crippen LogP contribution in [0.15, 0.2) is 0 Å². The largest absolute Gasteiger partial charge is 0.383 e. The Morgan fingerprint density at radius 1 is 1.29 bits per heavy atom. The van der Waals surface area contributed by atoms with E-state index in [1.54, 1.807) is 7.11 Å². The van der Waals surface area contributed by atoms with E-state index < -0.39 is 0 Å². The average molecular weight is 197 g/mol. The summed E-state index contributed by atoms with van der Waals surface area (Å²) in [6.45, 7) is 9.52. The second kappa shape index (κ2) is 4.19. The first-order valence-electron chi connectivity index (χ1n) is 5.93. The summed E-state index contributed by atoms with van der Waals surface area (Å²) >= 11 is 0. The zero-order chi connectivity index (χ0) is 10.1. The molecule has 4 atom stereocenters. The Morgan fingerprint density at radius 2 is 2.07 bits per heavy atom. The zero-order valence-corrected chi connectivity index (χ0v) is 9.70. The molecule has 0 N–H and O–H groups in total. The van der Waals surface area contributed by atoms with Crippen molar-refractivity contribution in [2.75, 3.05) is 33.4 Å². The summed E-state index contributed by atoms with van der Waals surface area (Å²) in [4.78, 5) is 2.58. The highest BCUT2D eigenvalue weighted by Crippen LogP contribution is 2.45. The third-order valence-electron chi connectivity index (χ3n) is 4.43.